The zero-order valence-corrected chi connectivity index (χ0v) is 10.6. The van der Waals surface area contributed by atoms with E-state index in [-0.39, 0.29) is 30.7 Å². The molecule has 1 rings (SSSR count). The molecule has 0 aliphatic heterocycles. The molecule has 0 bridgehead atoms. The number of carboxylic acid groups (broad SMARTS) is 1. The van der Waals surface area contributed by atoms with Crippen molar-refractivity contribution in [2.75, 3.05) is 6.61 Å². The Hall–Kier alpha value is -2.11. The van der Waals surface area contributed by atoms with Crippen molar-refractivity contribution in [1.82, 2.24) is 5.32 Å². The average Bonchev–Trinajstić information content (AvgIpc) is 2.34. The zero-order valence-electron chi connectivity index (χ0n) is 10.6. The van der Waals surface area contributed by atoms with Gasteiger partial charge >= 0.3 is 5.97 Å². The molecule has 0 saturated heterocycles. The SMILES string of the molecule is CC(CCC(=O)O)NC(=O)COc1cccc(F)c1. The second-order valence-corrected chi connectivity index (χ2v) is 4.15. The lowest BCUT2D eigenvalue weighted by Gasteiger charge is -2.13. The number of aliphatic carboxylic acids is 1. The zero-order chi connectivity index (χ0) is 14.3. The Labute approximate surface area is 110 Å². The minimum absolute atomic E-state index is 0.00774. The number of hydrogen-bond donors (Lipinski definition) is 2. The summed E-state index contributed by atoms with van der Waals surface area (Å²) in [5.41, 5.74) is 0. The highest BCUT2D eigenvalue weighted by Gasteiger charge is 2.09. The molecule has 104 valence electrons. The van der Waals surface area contributed by atoms with Crippen LogP contribution in [-0.4, -0.2) is 29.6 Å². The van der Waals surface area contributed by atoms with E-state index in [1.165, 1.54) is 18.2 Å². The van der Waals surface area contributed by atoms with Gasteiger partial charge in [0.1, 0.15) is 11.6 Å². The van der Waals surface area contributed by atoms with Gasteiger partial charge in [-0.1, -0.05) is 6.07 Å². The Morgan fingerprint density at radius 1 is 1.47 bits per heavy atom. The fourth-order valence-electron chi connectivity index (χ4n) is 1.43. The third kappa shape index (κ3) is 6.40. The van der Waals surface area contributed by atoms with E-state index in [0.29, 0.717) is 6.42 Å². The molecule has 0 saturated carbocycles. The summed E-state index contributed by atoms with van der Waals surface area (Å²) < 4.78 is 17.9. The number of carbonyl (C=O) groups excluding carboxylic acids is 1. The van der Waals surface area contributed by atoms with Crippen LogP contribution in [0.2, 0.25) is 0 Å². The Morgan fingerprint density at radius 2 is 2.21 bits per heavy atom. The van der Waals surface area contributed by atoms with Crippen molar-refractivity contribution in [1.29, 1.82) is 0 Å². The van der Waals surface area contributed by atoms with Gasteiger partial charge in [-0.25, -0.2) is 4.39 Å². The number of carboxylic acids is 1. The third-order valence-corrected chi connectivity index (χ3v) is 2.36. The van der Waals surface area contributed by atoms with Gasteiger partial charge in [0, 0.05) is 18.5 Å². The maximum atomic E-state index is 12.8. The van der Waals surface area contributed by atoms with Crippen LogP contribution in [0.4, 0.5) is 4.39 Å². The van der Waals surface area contributed by atoms with Crippen molar-refractivity contribution >= 4 is 11.9 Å². The fraction of sp³-hybridized carbons (Fsp3) is 0.385. The lowest BCUT2D eigenvalue weighted by atomic mass is 10.2. The fourth-order valence-corrected chi connectivity index (χ4v) is 1.43. The van der Waals surface area contributed by atoms with Crippen molar-refractivity contribution in [3.8, 4) is 5.75 Å². The number of carbonyl (C=O) groups is 2. The number of amides is 1. The van der Waals surface area contributed by atoms with Crippen LogP contribution < -0.4 is 10.1 Å². The number of nitrogens with one attached hydrogen (secondary N) is 1. The van der Waals surface area contributed by atoms with E-state index in [0.717, 1.165) is 0 Å². The molecule has 0 radical (unpaired) electrons. The summed E-state index contributed by atoms with van der Waals surface area (Å²) in [5, 5.41) is 11.1. The van der Waals surface area contributed by atoms with E-state index in [4.69, 9.17) is 9.84 Å². The van der Waals surface area contributed by atoms with Crippen LogP contribution in [0.1, 0.15) is 19.8 Å². The first-order valence-corrected chi connectivity index (χ1v) is 5.87. The standard InChI is InChI=1S/C13H16FNO4/c1-9(5-6-13(17)18)15-12(16)8-19-11-4-2-3-10(14)7-11/h2-4,7,9H,5-6,8H2,1H3,(H,15,16)(H,17,18). The highest BCUT2D eigenvalue weighted by Crippen LogP contribution is 2.11. The Balaban J connectivity index is 2.29. The summed E-state index contributed by atoms with van der Waals surface area (Å²) in [6.45, 7) is 1.48. The van der Waals surface area contributed by atoms with Crippen molar-refractivity contribution in [2.24, 2.45) is 0 Å². The molecular weight excluding hydrogens is 253 g/mol. The molecule has 1 aromatic carbocycles. The van der Waals surface area contributed by atoms with Crippen LogP contribution in [-0.2, 0) is 9.59 Å². The lowest BCUT2D eigenvalue weighted by Crippen LogP contribution is -2.36. The minimum Gasteiger partial charge on any atom is -0.484 e. The predicted octanol–water partition coefficient (Wildman–Crippen LogP) is 1.57. The predicted molar refractivity (Wildman–Crippen MR) is 66.4 cm³/mol. The van der Waals surface area contributed by atoms with E-state index >= 15 is 0 Å². The van der Waals surface area contributed by atoms with Crippen molar-refractivity contribution in [3.63, 3.8) is 0 Å². The van der Waals surface area contributed by atoms with E-state index in [2.05, 4.69) is 5.32 Å². The quantitative estimate of drug-likeness (QED) is 0.788. The minimum atomic E-state index is -0.905. The molecule has 1 atom stereocenters. The van der Waals surface area contributed by atoms with Gasteiger partial charge in [0.25, 0.3) is 5.91 Å². The largest absolute Gasteiger partial charge is 0.484 e. The number of benzene rings is 1. The molecule has 0 aliphatic rings. The molecule has 2 N–H and O–H groups in total. The second kappa shape index (κ2) is 7.35. The molecule has 5 nitrogen and oxygen atoms in total. The summed E-state index contributed by atoms with van der Waals surface area (Å²) >= 11 is 0. The van der Waals surface area contributed by atoms with Gasteiger partial charge < -0.3 is 15.2 Å². The maximum Gasteiger partial charge on any atom is 0.303 e. The molecule has 0 aliphatic carbocycles. The molecule has 0 fully saturated rings. The lowest BCUT2D eigenvalue weighted by molar-refractivity contribution is -0.137. The Bertz CT molecular complexity index is 450. The summed E-state index contributed by atoms with van der Waals surface area (Å²) in [5.74, 6) is -1.44. The molecule has 6 heteroatoms. The first-order valence-electron chi connectivity index (χ1n) is 5.87. The second-order valence-electron chi connectivity index (χ2n) is 4.15. The maximum absolute atomic E-state index is 12.8. The van der Waals surface area contributed by atoms with Gasteiger partial charge in [-0.05, 0) is 25.5 Å². The van der Waals surface area contributed by atoms with Gasteiger partial charge in [-0.2, -0.15) is 0 Å². The van der Waals surface area contributed by atoms with Gasteiger partial charge in [-0.15, -0.1) is 0 Å². The van der Waals surface area contributed by atoms with Gasteiger partial charge in [0.05, 0.1) is 0 Å². The molecular formula is C13H16FNO4. The van der Waals surface area contributed by atoms with Crippen molar-refractivity contribution < 1.29 is 23.8 Å². The summed E-state index contributed by atoms with van der Waals surface area (Å²) in [6.07, 6.45) is 0.341. The van der Waals surface area contributed by atoms with E-state index in [1.807, 2.05) is 0 Å². The average molecular weight is 269 g/mol. The topological polar surface area (TPSA) is 75.6 Å². The molecule has 19 heavy (non-hydrogen) atoms. The first kappa shape index (κ1) is 14.9. The number of halogens is 1. The van der Waals surface area contributed by atoms with Crippen LogP contribution in [0.5, 0.6) is 5.75 Å². The highest BCUT2D eigenvalue weighted by molar-refractivity contribution is 5.77. The third-order valence-electron chi connectivity index (χ3n) is 2.36. The van der Waals surface area contributed by atoms with Crippen molar-refractivity contribution in [3.05, 3.63) is 30.1 Å². The molecule has 0 spiro atoms. The number of hydrogen-bond acceptors (Lipinski definition) is 3. The molecule has 1 unspecified atom stereocenters. The van der Waals surface area contributed by atoms with Crippen LogP contribution in [0.25, 0.3) is 0 Å². The molecule has 1 aromatic rings. The summed E-state index contributed by atoms with van der Waals surface area (Å²) in [4.78, 5) is 21.8. The van der Waals surface area contributed by atoms with Gasteiger partial charge in [0.2, 0.25) is 0 Å². The van der Waals surface area contributed by atoms with Crippen LogP contribution >= 0.6 is 0 Å². The molecule has 0 heterocycles. The van der Waals surface area contributed by atoms with Crippen LogP contribution in [0, 0.1) is 5.82 Å². The summed E-state index contributed by atoms with van der Waals surface area (Å²) in [7, 11) is 0. The normalized spacial score (nSPS) is 11.7. The van der Waals surface area contributed by atoms with Crippen molar-refractivity contribution in [2.45, 2.75) is 25.8 Å². The van der Waals surface area contributed by atoms with Crippen LogP contribution in [0.3, 0.4) is 0 Å². The highest BCUT2D eigenvalue weighted by atomic mass is 19.1. The smallest absolute Gasteiger partial charge is 0.303 e. The number of ether oxygens (including phenoxy) is 1. The molecule has 1 amide bonds. The number of rotatable bonds is 7. The van der Waals surface area contributed by atoms with E-state index in [1.54, 1.807) is 13.0 Å². The van der Waals surface area contributed by atoms with Gasteiger partial charge in [0.15, 0.2) is 6.61 Å². The van der Waals surface area contributed by atoms with E-state index < -0.39 is 11.8 Å². The first-order chi connectivity index (χ1) is 8.97. The summed E-state index contributed by atoms with van der Waals surface area (Å²) in [6, 6.07) is 5.24. The monoisotopic (exact) mass is 269 g/mol. The van der Waals surface area contributed by atoms with Crippen LogP contribution in [0.15, 0.2) is 24.3 Å². The Morgan fingerprint density at radius 3 is 2.84 bits per heavy atom. The Kier molecular flexibility index (Phi) is 5.78. The van der Waals surface area contributed by atoms with Gasteiger partial charge in [-0.3, -0.25) is 9.59 Å². The van der Waals surface area contributed by atoms with E-state index in [9.17, 15) is 14.0 Å². The molecule has 0 aromatic heterocycles.